The van der Waals surface area contributed by atoms with E-state index in [1.54, 1.807) is 24.1 Å². The van der Waals surface area contributed by atoms with Crippen LogP contribution in [0.4, 0.5) is 0 Å². The second-order valence-electron chi connectivity index (χ2n) is 8.58. The van der Waals surface area contributed by atoms with Gasteiger partial charge in [0.25, 0.3) is 11.8 Å². The van der Waals surface area contributed by atoms with Crippen LogP contribution in [0.5, 0.6) is 11.5 Å². The number of hydrogen-bond donors (Lipinski definition) is 1. The molecule has 1 N–H and O–H groups in total. The summed E-state index contributed by atoms with van der Waals surface area (Å²) in [5.41, 5.74) is 4.76. The summed E-state index contributed by atoms with van der Waals surface area (Å²) in [5, 5.41) is 3.01. The molecular weight excluding hydrogens is 458 g/mol. The molecule has 2 heterocycles. The molecule has 4 rings (SSSR count). The van der Waals surface area contributed by atoms with Gasteiger partial charge in [-0.1, -0.05) is 42.5 Å². The summed E-state index contributed by atoms with van der Waals surface area (Å²) < 4.78 is 16.4. The van der Waals surface area contributed by atoms with Crippen molar-refractivity contribution < 1.29 is 23.8 Å². The lowest BCUT2D eigenvalue weighted by Gasteiger charge is -2.30. The van der Waals surface area contributed by atoms with E-state index in [2.05, 4.69) is 10.3 Å². The summed E-state index contributed by atoms with van der Waals surface area (Å²) in [6, 6.07) is 16.6. The van der Waals surface area contributed by atoms with Crippen LogP contribution < -0.4 is 14.8 Å². The number of aryl methyl sites for hydroxylation is 1. The molecule has 36 heavy (non-hydrogen) atoms. The number of carbonyl (C=O) groups excluding carboxylic acids is 2. The Kier molecular flexibility index (Phi) is 8.17. The molecule has 8 heteroatoms. The first-order chi connectivity index (χ1) is 17.5. The van der Waals surface area contributed by atoms with E-state index in [1.165, 1.54) is 7.11 Å². The molecule has 2 amide bonds. The summed E-state index contributed by atoms with van der Waals surface area (Å²) in [6.45, 7) is 3.22. The van der Waals surface area contributed by atoms with E-state index < -0.39 is 6.10 Å². The minimum absolute atomic E-state index is 0.0736. The third-order valence-corrected chi connectivity index (χ3v) is 6.38. The minimum atomic E-state index is -0.685. The molecule has 0 saturated carbocycles. The lowest BCUT2D eigenvalue weighted by molar-refractivity contribution is -0.134. The second kappa shape index (κ2) is 11.7. The molecule has 0 unspecified atom stereocenters. The Morgan fingerprint density at radius 2 is 1.78 bits per heavy atom. The lowest BCUT2D eigenvalue weighted by Crippen LogP contribution is -2.39. The number of amides is 2. The zero-order valence-electron chi connectivity index (χ0n) is 20.8. The average molecular weight is 490 g/mol. The molecule has 0 aliphatic carbocycles. The number of fused-ring (bicyclic) bond motifs is 1. The Bertz CT molecular complexity index is 1220. The summed E-state index contributed by atoms with van der Waals surface area (Å²) in [5.74, 6) is 0.809. The molecule has 1 aliphatic rings. The summed E-state index contributed by atoms with van der Waals surface area (Å²) in [6.07, 6.45) is 1.81. The topological polar surface area (TPSA) is 90.0 Å². The number of carbonyl (C=O) groups is 2. The summed E-state index contributed by atoms with van der Waals surface area (Å²) in [7, 11) is 3.09. The van der Waals surface area contributed by atoms with E-state index in [1.807, 2.05) is 55.6 Å². The van der Waals surface area contributed by atoms with E-state index >= 15 is 0 Å². The number of para-hydroxylation sites is 2. The molecule has 188 valence electrons. The first-order valence-electron chi connectivity index (χ1n) is 11.9. The van der Waals surface area contributed by atoms with Crippen LogP contribution in [0.1, 0.15) is 34.1 Å². The largest absolute Gasteiger partial charge is 0.493 e. The molecule has 0 spiro atoms. The molecular formula is C28H31N3O5. The molecule has 0 fully saturated rings. The van der Waals surface area contributed by atoms with Crippen molar-refractivity contribution in [2.45, 2.75) is 32.5 Å². The number of hydrogen-bond acceptors (Lipinski definition) is 6. The van der Waals surface area contributed by atoms with Gasteiger partial charge in [0, 0.05) is 38.6 Å². The highest BCUT2D eigenvalue weighted by atomic mass is 16.5. The molecule has 1 atom stereocenters. The highest BCUT2D eigenvalue weighted by Crippen LogP contribution is 2.27. The molecule has 3 aromatic rings. The fourth-order valence-corrected chi connectivity index (χ4v) is 4.43. The maximum atomic E-state index is 12.9. The van der Waals surface area contributed by atoms with Crippen molar-refractivity contribution in [1.82, 2.24) is 15.2 Å². The fraction of sp³-hybridized carbons (Fsp3) is 0.321. The molecule has 0 bridgehead atoms. The number of benzene rings is 2. The summed E-state index contributed by atoms with van der Waals surface area (Å²) in [4.78, 5) is 32.0. The van der Waals surface area contributed by atoms with E-state index in [9.17, 15) is 9.59 Å². The van der Waals surface area contributed by atoms with Crippen molar-refractivity contribution in [3.63, 3.8) is 0 Å². The van der Waals surface area contributed by atoms with Crippen molar-refractivity contribution in [1.29, 1.82) is 0 Å². The predicted octanol–water partition coefficient (Wildman–Crippen LogP) is 3.37. The Hall–Kier alpha value is -3.91. The molecule has 1 aromatic heterocycles. The van der Waals surface area contributed by atoms with Crippen molar-refractivity contribution in [3.8, 4) is 11.5 Å². The summed E-state index contributed by atoms with van der Waals surface area (Å²) >= 11 is 0. The van der Waals surface area contributed by atoms with E-state index in [0.717, 1.165) is 27.9 Å². The first-order valence-corrected chi connectivity index (χ1v) is 11.9. The Morgan fingerprint density at radius 3 is 2.50 bits per heavy atom. The third kappa shape index (κ3) is 5.66. The van der Waals surface area contributed by atoms with Gasteiger partial charge in [0.1, 0.15) is 0 Å². The van der Waals surface area contributed by atoms with Crippen LogP contribution in [-0.2, 0) is 33.8 Å². The van der Waals surface area contributed by atoms with Gasteiger partial charge in [-0.2, -0.15) is 0 Å². The second-order valence-corrected chi connectivity index (χ2v) is 8.58. The van der Waals surface area contributed by atoms with Crippen LogP contribution in [0.3, 0.4) is 0 Å². The molecule has 8 nitrogen and oxygen atoms in total. The monoisotopic (exact) mass is 489 g/mol. The zero-order valence-corrected chi connectivity index (χ0v) is 20.8. The van der Waals surface area contributed by atoms with E-state index in [-0.39, 0.29) is 18.4 Å². The van der Waals surface area contributed by atoms with Crippen LogP contribution in [0.25, 0.3) is 0 Å². The maximum Gasteiger partial charge on any atom is 0.260 e. The SMILES string of the molecule is COc1ccccc1OCC(=O)N1CCc2c(cnc(C)c2CNC(=O)[C@@H](OC)c2ccccc2)C1. The Morgan fingerprint density at radius 1 is 1.06 bits per heavy atom. The maximum absolute atomic E-state index is 12.9. The van der Waals surface area contributed by atoms with Crippen molar-refractivity contribution in [2.24, 2.45) is 0 Å². The number of rotatable bonds is 9. The quantitative estimate of drug-likeness (QED) is 0.496. The molecule has 0 saturated heterocycles. The van der Waals surface area contributed by atoms with Crippen LogP contribution in [0.2, 0.25) is 0 Å². The smallest absolute Gasteiger partial charge is 0.260 e. The number of methoxy groups -OCH3 is 2. The number of ether oxygens (including phenoxy) is 3. The van der Waals surface area contributed by atoms with Gasteiger partial charge < -0.3 is 24.4 Å². The Balaban J connectivity index is 1.40. The van der Waals surface area contributed by atoms with Gasteiger partial charge in [0.05, 0.1) is 7.11 Å². The van der Waals surface area contributed by atoms with Crippen LogP contribution in [0.15, 0.2) is 60.8 Å². The molecule has 1 aliphatic heterocycles. The zero-order chi connectivity index (χ0) is 25.5. The van der Waals surface area contributed by atoms with Gasteiger partial charge in [0.2, 0.25) is 0 Å². The number of nitrogens with one attached hydrogen (secondary N) is 1. The van der Waals surface area contributed by atoms with Gasteiger partial charge >= 0.3 is 0 Å². The van der Waals surface area contributed by atoms with Crippen molar-refractivity contribution in [2.75, 3.05) is 27.4 Å². The van der Waals surface area contributed by atoms with Crippen LogP contribution in [0, 0.1) is 6.92 Å². The number of pyridine rings is 1. The highest BCUT2D eigenvalue weighted by Gasteiger charge is 2.26. The minimum Gasteiger partial charge on any atom is -0.493 e. The van der Waals surface area contributed by atoms with Crippen LogP contribution >= 0.6 is 0 Å². The lowest BCUT2D eigenvalue weighted by atomic mass is 9.94. The van der Waals surface area contributed by atoms with E-state index in [0.29, 0.717) is 37.6 Å². The van der Waals surface area contributed by atoms with Gasteiger partial charge in [-0.05, 0) is 47.7 Å². The van der Waals surface area contributed by atoms with Gasteiger partial charge in [-0.25, -0.2) is 0 Å². The highest BCUT2D eigenvalue weighted by molar-refractivity contribution is 5.82. The first kappa shape index (κ1) is 25.2. The van der Waals surface area contributed by atoms with Crippen molar-refractivity contribution in [3.05, 3.63) is 88.7 Å². The van der Waals surface area contributed by atoms with Gasteiger partial charge in [-0.3, -0.25) is 14.6 Å². The number of nitrogens with zero attached hydrogens (tertiary/aromatic N) is 2. The predicted molar refractivity (Wildman–Crippen MR) is 135 cm³/mol. The third-order valence-electron chi connectivity index (χ3n) is 6.38. The number of aromatic nitrogens is 1. The fourth-order valence-electron chi connectivity index (χ4n) is 4.43. The average Bonchev–Trinajstić information content (AvgIpc) is 2.92. The van der Waals surface area contributed by atoms with Gasteiger partial charge in [0.15, 0.2) is 24.2 Å². The normalized spacial score (nSPS) is 13.5. The van der Waals surface area contributed by atoms with Gasteiger partial charge in [-0.15, -0.1) is 0 Å². The van der Waals surface area contributed by atoms with E-state index in [4.69, 9.17) is 14.2 Å². The van der Waals surface area contributed by atoms with Crippen molar-refractivity contribution >= 4 is 11.8 Å². The molecule has 0 radical (unpaired) electrons. The Labute approximate surface area is 211 Å². The van der Waals surface area contributed by atoms with Crippen LogP contribution in [-0.4, -0.2) is 49.1 Å². The standard InChI is InChI=1S/C28H31N3O5/c1-19-23(16-30-28(33)27(35-3)20-9-5-4-6-10-20)22-13-14-31(17-21(22)15-29-19)26(32)18-36-25-12-8-7-11-24(25)34-2/h4-12,15,27H,13-14,16-18H2,1-3H3,(H,30,33)/t27-/m0/s1. The molecule has 2 aromatic carbocycles.